The summed E-state index contributed by atoms with van der Waals surface area (Å²) in [5.41, 5.74) is 6.78. The molecule has 2 N–H and O–H groups in total. The van der Waals surface area contributed by atoms with Gasteiger partial charge >= 0.3 is 0 Å². The van der Waals surface area contributed by atoms with Crippen LogP contribution in [0.5, 0.6) is 0 Å². The third-order valence-electron chi connectivity index (χ3n) is 3.19. The molecule has 0 spiro atoms. The highest BCUT2D eigenvalue weighted by atomic mass is 16.5. The van der Waals surface area contributed by atoms with E-state index in [4.69, 9.17) is 10.5 Å². The third-order valence-corrected chi connectivity index (χ3v) is 3.19. The van der Waals surface area contributed by atoms with Gasteiger partial charge < -0.3 is 19.9 Å². The van der Waals surface area contributed by atoms with Crippen LogP contribution in [0.25, 0.3) is 0 Å². The monoisotopic (exact) mass is 251 g/mol. The van der Waals surface area contributed by atoms with E-state index in [0.717, 1.165) is 6.54 Å². The standard InChI is InChI=1S/C13H21N3O2/c1-4-15-8-10(14)7-11(15)12(17)16-5-6-18-13(2,3)9-16/h7-8H,4-6,9,14H2,1-3H3. The Balaban J connectivity index is 2.20. The molecule has 5 heteroatoms. The predicted octanol–water partition coefficient (Wildman–Crippen LogP) is 1.34. The van der Waals surface area contributed by atoms with Crippen LogP contribution in [0.1, 0.15) is 31.3 Å². The maximum atomic E-state index is 12.5. The molecule has 0 radical (unpaired) electrons. The van der Waals surface area contributed by atoms with Crippen molar-refractivity contribution in [1.29, 1.82) is 0 Å². The molecule has 1 aliphatic heterocycles. The van der Waals surface area contributed by atoms with Gasteiger partial charge in [-0.3, -0.25) is 4.79 Å². The molecule has 1 fully saturated rings. The van der Waals surface area contributed by atoms with E-state index in [0.29, 0.717) is 31.1 Å². The first-order valence-electron chi connectivity index (χ1n) is 6.32. The Bertz CT molecular complexity index is 451. The second-order valence-electron chi connectivity index (χ2n) is 5.28. The summed E-state index contributed by atoms with van der Waals surface area (Å²) >= 11 is 0. The molecule has 1 aromatic heterocycles. The van der Waals surface area contributed by atoms with E-state index in [1.54, 1.807) is 12.3 Å². The number of carbonyl (C=O) groups excluding carboxylic acids is 1. The highest BCUT2D eigenvalue weighted by Gasteiger charge is 2.31. The highest BCUT2D eigenvalue weighted by molar-refractivity contribution is 5.94. The minimum absolute atomic E-state index is 0.0323. The number of hydrogen-bond donors (Lipinski definition) is 1. The van der Waals surface area contributed by atoms with Gasteiger partial charge in [0, 0.05) is 25.8 Å². The van der Waals surface area contributed by atoms with Crippen LogP contribution in [0.15, 0.2) is 12.3 Å². The lowest BCUT2D eigenvalue weighted by Gasteiger charge is -2.38. The molecule has 5 nitrogen and oxygen atoms in total. The Kier molecular flexibility index (Phi) is 3.34. The normalized spacial score (nSPS) is 18.9. The molecule has 1 saturated heterocycles. The lowest BCUT2D eigenvalue weighted by Crippen LogP contribution is -2.50. The molecule has 18 heavy (non-hydrogen) atoms. The van der Waals surface area contributed by atoms with Crippen LogP contribution >= 0.6 is 0 Å². The fourth-order valence-electron chi connectivity index (χ4n) is 2.33. The van der Waals surface area contributed by atoms with Crippen molar-refractivity contribution in [3.8, 4) is 0 Å². The summed E-state index contributed by atoms with van der Waals surface area (Å²) in [5, 5.41) is 0. The number of hydrogen-bond acceptors (Lipinski definition) is 3. The number of ether oxygens (including phenoxy) is 1. The molecule has 1 amide bonds. The van der Waals surface area contributed by atoms with E-state index in [1.165, 1.54) is 0 Å². The van der Waals surface area contributed by atoms with Gasteiger partial charge in [0.15, 0.2) is 0 Å². The first kappa shape index (κ1) is 13.0. The van der Waals surface area contributed by atoms with Gasteiger partial charge in [0.05, 0.1) is 17.9 Å². The molecular weight excluding hydrogens is 230 g/mol. The Morgan fingerprint density at radius 2 is 2.28 bits per heavy atom. The van der Waals surface area contributed by atoms with Crippen LogP contribution in [0.3, 0.4) is 0 Å². The molecule has 1 aliphatic rings. The minimum Gasteiger partial charge on any atom is -0.397 e. The molecule has 100 valence electrons. The van der Waals surface area contributed by atoms with Crippen molar-refractivity contribution in [2.45, 2.75) is 32.9 Å². The van der Waals surface area contributed by atoms with Gasteiger partial charge in [-0.25, -0.2) is 0 Å². The van der Waals surface area contributed by atoms with Crippen molar-refractivity contribution in [1.82, 2.24) is 9.47 Å². The summed E-state index contributed by atoms with van der Waals surface area (Å²) in [5.74, 6) is 0.0323. The maximum Gasteiger partial charge on any atom is 0.270 e. The van der Waals surface area contributed by atoms with Crippen molar-refractivity contribution in [3.05, 3.63) is 18.0 Å². The average Bonchev–Trinajstić information content (AvgIpc) is 2.68. The van der Waals surface area contributed by atoms with Crippen molar-refractivity contribution >= 4 is 11.6 Å². The Morgan fingerprint density at radius 1 is 1.56 bits per heavy atom. The predicted molar refractivity (Wildman–Crippen MR) is 70.5 cm³/mol. The number of amides is 1. The quantitative estimate of drug-likeness (QED) is 0.863. The van der Waals surface area contributed by atoms with Gasteiger partial charge in [0.1, 0.15) is 5.69 Å². The van der Waals surface area contributed by atoms with Crippen LogP contribution in [0.4, 0.5) is 5.69 Å². The number of anilines is 1. The Labute approximate surface area is 108 Å². The van der Waals surface area contributed by atoms with Crippen LogP contribution in [-0.2, 0) is 11.3 Å². The van der Waals surface area contributed by atoms with Gasteiger partial charge in [-0.2, -0.15) is 0 Å². The molecule has 0 bridgehead atoms. The van der Waals surface area contributed by atoms with Gasteiger partial charge in [-0.15, -0.1) is 0 Å². The van der Waals surface area contributed by atoms with Crippen LogP contribution in [0.2, 0.25) is 0 Å². The number of carbonyl (C=O) groups is 1. The zero-order valence-electron chi connectivity index (χ0n) is 11.3. The molecular formula is C13H21N3O2. The molecule has 0 aliphatic carbocycles. The molecule has 2 heterocycles. The zero-order chi connectivity index (χ0) is 13.3. The van der Waals surface area contributed by atoms with Gasteiger partial charge in [0.25, 0.3) is 5.91 Å². The second-order valence-corrected chi connectivity index (χ2v) is 5.28. The fraction of sp³-hybridized carbons (Fsp3) is 0.615. The summed E-state index contributed by atoms with van der Waals surface area (Å²) in [6.07, 6.45) is 1.80. The average molecular weight is 251 g/mol. The number of morpholine rings is 1. The number of nitrogen functional groups attached to an aromatic ring is 1. The fourth-order valence-corrected chi connectivity index (χ4v) is 2.33. The van der Waals surface area contributed by atoms with Gasteiger partial charge in [-0.05, 0) is 26.8 Å². The maximum absolute atomic E-state index is 12.5. The summed E-state index contributed by atoms with van der Waals surface area (Å²) < 4.78 is 7.51. The third kappa shape index (κ3) is 2.51. The Hall–Kier alpha value is -1.49. The first-order valence-corrected chi connectivity index (χ1v) is 6.32. The highest BCUT2D eigenvalue weighted by Crippen LogP contribution is 2.20. The lowest BCUT2D eigenvalue weighted by molar-refractivity contribution is -0.0765. The SMILES string of the molecule is CCn1cc(N)cc1C(=O)N1CCOC(C)(C)C1. The van der Waals surface area contributed by atoms with Gasteiger partial charge in [0.2, 0.25) is 0 Å². The summed E-state index contributed by atoms with van der Waals surface area (Å²) in [6, 6.07) is 1.74. The number of aryl methyl sites for hydroxylation is 1. The molecule has 0 saturated carbocycles. The number of aromatic nitrogens is 1. The first-order chi connectivity index (χ1) is 8.43. The molecule has 0 atom stereocenters. The number of rotatable bonds is 2. The van der Waals surface area contributed by atoms with Crippen LogP contribution in [-0.4, -0.2) is 40.7 Å². The van der Waals surface area contributed by atoms with E-state index in [2.05, 4.69) is 0 Å². The summed E-state index contributed by atoms with van der Waals surface area (Å²) in [7, 11) is 0. The lowest BCUT2D eigenvalue weighted by atomic mass is 10.1. The smallest absolute Gasteiger partial charge is 0.270 e. The topological polar surface area (TPSA) is 60.5 Å². The number of nitrogens with two attached hydrogens (primary N) is 1. The zero-order valence-corrected chi connectivity index (χ0v) is 11.3. The largest absolute Gasteiger partial charge is 0.397 e. The summed E-state index contributed by atoms with van der Waals surface area (Å²) in [6.45, 7) is 8.57. The van der Waals surface area contributed by atoms with Crippen molar-refractivity contribution in [2.75, 3.05) is 25.4 Å². The number of nitrogens with zero attached hydrogens (tertiary/aromatic N) is 2. The minimum atomic E-state index is -0.275. The molecule has 2 rings (SSSR count). The molecule has 0 unspecified atom stereocenters. The van der Waals surface area contributed by atoms with Crippen LogP contribution < -0.4 is 5.73 Å². The van der Waals surface area contributed by atoms with E-state index < -0.39 is 0 Å². The Morgan fingerprint density at radius 3 is 2.89 bits per heavy atom. The second kappa shape index (κ2) is 4.65. The van der Waals surface area contributed by atoms with E-state index in [-0.39, 0.29) is 11.5 Å². The van der Waals surface area contributed by atoms with Crippen LogP contribution in [0, 0.1) is 0 Å². The van der Waals surface area contributed by atoms with E-state index >= 15 is 0 Å². The van der Waals surface area contributed by atoms with Crippen molar-refractivity contribution in [2.24, 2.45) is 0 Å². The van der Waals surface area contributed by atoms with E-state index in [9.17, 15) is 4.79 Å². The molecule has 0 aromatic carbocycles. The van der Waals surface area contributed by atoms with E-state index in [1.807, 2.05) is 30.2 Å². The molecule has 1 aromatic rings. The van der Waals surface area contributed by atoms with Gasteiger partial charge in [-0.1, -0.05) is 0 Å². The van der Waals surface area contributed by atoms with Crippen molar-refractivity contribution in [3.63, 3.8) is 0 Å². The van der Waals surface area contributed by atoms with Crippen molar-refractivity contribution < 1.29 is 9.53 Å². The summed E-state index contributed by atoms with van der Waals surface area (Å²) in [4.78, 5) is 14.3.